The molecule has 0 saturated heterocycles. The Morgan fingerprint density at radius 2 is 1.96 bits per heavy atom. The molecule has 0 atom stereocenters. The van der Waals surface area contributed by atoms with Crippen LogP contribution in [0.3, 0.4) is 0 Å². The number of aromatic amines is 1. The van der Waals surface area contributed by atoms with Crippen LogP contribution in [0.1, 0.15) is 12.2 Å². The van der Waals surface area contributed by atoms with E-state index in [4.69, 9.17) is 0 Å². The molecule has 2 heterocycles. The lowest BCUT2D eigenvalue weighted by molar-refractivity contribution is -0.274. The second-order valence-corrected chi connectivity index (χ2v) is 5.16. The highest BCUT2D eigenvalue weighted by atomic mass is 19.4. The van der Waals surface area contributed by atoms with Gasteiger partial charge in [0.1, 0.15) is 17.4 Å². The maximum atomic E-state index is 12.1. The van der Waals surface area contributed by atoms with E-state index >= 15 is 0 Å². The van der Waals surface area contributed by atoms with Gasteiger partial charge in [-0.1, -0.05) is 12.1 Å². The number of fused-ring (bicyclic) bond motifs is 1. The second-order valence-electron chi connectivity index (χ2n) is 5.16. The molecule has 3 rings (SSSR count). The number of H-pyrrole nitrogens is 1. The molecular weight excluding hydrogens is 321 g/mol. The zero-order valence-corrected chi connectivity index (χ0v) is 12.6. The Labute approximate surface area is 135 Å². The summed E-state index contributed by atoms with van der Waals surface area (Å²) in [6.45, 7) is 0.628. The number of hydrogen-bond acceptors (Lipinski definition) is 4. The summed E-state index contributed by atoms with van der Waals surface area (Å²) in [7, 11) is 0. The molecule has 0 unspecified atom stereocenters. The number of aromatic nitrogens is 3. The molecule has 0 saturated carbocycles. The number of halogens is 3. The van der Waals surface area contributed by atoms with Gasteiger partial charge in [-0.25, -0.2) is 9.97 Å². The third-order valence-corrected chi connectivity index (χ3v) is 3.30. The molecule has 3 aromatic rings. The average molecular weight is 336 g/mol. The Morgan fingerprint density at radius 1 is 1.12 bits per heavy atom. The molecule has 0 aliphatic rings. The number of rotatable bonds is 6. The number of pyridine rings is 1. The van der Waals surface area contributed by atoms with Crippen LogP contribution in [-0.2, 0) is 6.42 Å². The molecule has 2 N–H and O–H groups in total. The smallest absolute Gasteiger partial charge is 0.404 e. The molecule has 0 radical (unpaired) electrons. The van der Waals surface area contributed by atoms with E-state index in [2.05, 4.69) is 25.0 Å². The van der Waals surface area contributed by atoms with Gasteiger partial charge in [0.05, 0.1) is 17.2 Å². The quantitative estimate of drug-likeness (QED) is 0.670. The van der Waals surface area contributed by atoms with E-state index in [0.717, 1.165) is 35.9 Å². The van der Waals surface area contributed by atoms with Crippen molar-refractivity contribution in [2.75, 3.05) is 11.9 Å². The third-order valence-electron chi connectivity index (χ3n) is 3.30. The summed E-state index contributed by atoms with van der Waals surface area (Å²) in [6.07, 6.45) is -2.10. The fourth-order valence-corrected chi connectivity index (χ4v) is 2.28. The normalized spacial score (nSPS) is 11.6. The Balaban J connectivity index is 1.46. The van der Waals surface area contributed by atoms with Crippen LogP contribution in [0.5, 0.6) is 5.75 Å². The van der Waals surface area contributed by atoms with Crippen molar-refractivity contribution >= 4 is 16.9 Å². The van der Waals surface area contributed by atoms with Gasteiger partial charge >= 0.3 is 6.36 Å². The molecule has 126 valence electrons. The highest BCUT2D eigenvalue weighted by molar-refractivity contribution is 5.74. The van der Waals surface area contributed by atoms with Crippen LogP contribution in [0.2, 0.25) is 0 Å². The average Bonchev–Trinajstić information content (AvgIpc) is 2.94. The van der Waals surface area contributed by atoms with Gasteiger partial charge in [-0.2, -0.15) is 0 Å². The van der Waals surface area contributed by atoms with Crippen molar-refractivity contribution in [1.82, 2.24) is 15.0 Å². The van der Waals surface area contributed by atoms with Crippen molar-refractivity contribution < 1.29 is 17.9 Å². The lowest BCUT2D eigenvalue weighted by Gasteiger charge is -2.09. The maximum Gasteiger partial charge on any atom is 0.573 e. The van der Waals surface area contributed by atoms with Gasteiger partial charge < -0.3 is 15.0 Å². The van der Waals surface area contributed by atoms with Crippen LogP contribution < -0.4 is 10.1 Å². The Bertz CT molecular complexity index is 766. The number of ether oxygens (including phenoxy) is 1. The van der Waals surface area contributed by atoms with Crippen LogP contribution in [0.4, 0.5) is 19.0 Å². The Hall–Kier alpha value is -2.77. The first kappa shape index (κ1) is 16.1. The molecule has 5 nitrogen and oxygen atoms in total. The monoisotopic (exact) mass is 336 g/mol. The predicted molar refractivity (Wildman–Crippen MR) is 83.8 cm³/mol. The molecule has 2 aromatic heterocycles. The van der Waals surface area contributed by atoms with E-state index in [1.54, 1.807) is 0 Å². The standard InChI is InChI=1S/C16H15F3N4O/c17-16(18,19)24-11-7-8-14(21-10-11)20-9-3-6-15-22-12-4-1-2-5-13(12)23-15/h1-2,4-5,7-8,10H,3,6,9H2,(H,20,21)(H,22,23). The van der Waals surface area contributed by atoms with E-state index in [1.807, 2.05) is 24.3 Å². The van der Waals surface area contributed by atoms with Gasteiger partial charge in [0.25, 0.3) is 0 Å². The first-order chi connectivity index (χ1) is 11.5. The molecule has 0 amide bonds. The van der Waals surface area contributed by atoms with E-state index < -0.39 is 6.36 Å². The Morgan fingerprint density at radius 3 is 2.67 bits per heavy atom. The Kier molecular flexibility index (Phi) is 4.54. The number of para-hydroxylation sites is 2. The number of benzene rings is 1. The SMILES string of the molecule is FC(F)(F)Oc1ccc(NCCCc2nc3ccccc3[nH]2)nc1. The molecule has 0 fully saturated rings. The van der Waals surface area contributed by atoms with Crippen molar-refractivity contribution in [2.24, 2.45) is 0 Å². The van der Waals surface area contributed by atoms with E-state index in [-0.39, 0.29) is 5.75 Å². The predicted octanol–water partition coefficient (Wildman–Crippen LogP) is 3.90. The van der Waals surface area contributed by atoms with Gasteiger partial charge in [-0.15, -0.1) is 13.2 Å². The molecular formula is C16H15F3N4O. The van der Waals surface area contributed by atoms with Gasteiger partial charge in [0.15, 0.2) is 0 Å². The highest BCUT2D eigenvalue weighted by Crippen LogP contribution is 2.22. The number of alkyl halides is 3. The zero-order valence-electron chi connectivity index (χ0n) is 12.6. The summed E-state index contributed by atoms with van der Waals surface area (Å²) < 4.78 is 39.9. The van der Waals surface area contributed by atoms with Crippen molar-refractivity contribution in [3.05, 3.63) is 48.4 Å². The van der Waals surface area contributed by atoms with Crippen LogP contribution in [0.15, 0.2) is 42.6 Å². The van der Waals surface area contributed by atoms with E-state index in [9.17, 15) is 13.2 Å². The largest absolute Gasteiger partial charge is 0.573 e. The van der Waals surface area contributed by atoms with Gasteiger partial charge in [-0.3, -0.25) is 0 Å². The van der Waals surface area contributed by atoms with Gasteiger partial charge in [-0.05, 0) is 30.7 Å². The number of nitrogens with zero attached hydrogens (tertiary/aromatic N) is 2. The molecule has 24 heavy (non-hydrogen) atoms. The second kappa shape index (κ2) is 6.77. The maximum absolute atomic E-state index is 12.1. The van der Waals surface area contributed by atoms with Crippen molar-refractivity contribution in [3.8, 4) is 5.75 Å². The minimum Gasteiger partial charge on any atom is -0.404 e. The van der Waals surface area contributed by atoms with Gasteiger partial charge in [0, 0.05) is 13.0 Å². The number of nitrogens with one attached hydrogen (secondary N) is 2. The summed E-state index contributed by atoms with van der Waals surface area (Å²) in [6, 6.07) is 10.5. The lowest BCUT2D eigenvalue weighted by atomic mass is 10.3. The molecule has 0 spiro atoms. The molecule has 0 bridgehead atoms. The first-order valence-electron chi connectivity index (χ1n) is 7.39. The minimum absolute atomic E-state index is 0.338. The number of imidazole rings is 1. The van der Waals surface area contributed by atoms with Crippen molar-refractivity contribution in [1.29, 1.82) is 0 Å². The number of hydrogen-bond donors (Lipinski definition) is 2. The fraction of sp³-hybridized carbons (Fsp3) is 0.250. The van der Waals surface area contributed by atoms with E-state index in [1.165, 1.54) is 12.1 Å². The minimum atomic E-state index is -4.71. The van der Waals surface area contributed by atoms with Crippen molar-refractivity contribution in [3.63, 3.8) is 0 Å². The topological polar surface area (TPSA) is 62.8 Å². The van der Waals surface area contributed by atoms with Crippen LogP contribution in [-0.4, -0.2) is 27.9 Å². The summed E-state index contributed by atoms with van der Waals surface area (Å²) in [4.78, 5) is 11.6. The molecule has 1 aromatic carbocycles. The first-order valence-corrected chi connectivity index (χ1v) is 7.39. The third kappa shape index (κ3) is 4.37. The number of anilines is 1. The van der Waals surface area contributed by atoms with Crippen LogP contribution in [0.25, 0.3) is 11.0 Å². The van der Waals surface area contributed by atoms with Crippen LogP contribution >= 0.6 is 0 Å². The van der Waals surface area contributed by atoms with Crippen LogP contribution in [0, 0.1) is 0 Å². The van der Waals surface area contributed by atoms with Gasteiger partial charge in [0.2, 0.25) is 0 Å². The summed E-state index contributed by atoms with van der Waals surface area (Å²) >= 11 is 0. The summed E-state index contributed by atoms with van der Waals surface area (Å²) in [5, 5.41) is 3.05. The molecule has 8 heteroatoms. The summed E-state index contributed by atoms with van der Waals surface area (Å²) in [5.41, 5.74) is 1.93. The zero-order chi connectivity index (χ0) is 17.0. The molecule has 0 aliphatic heterocycles. The summed E-state index contributed by atoms with van der Waals surface area (Å²) in [5.74, 6) is 1.06. The highest BCUT2D eigenvalue weighted by Gasteiger charge is 2.31. The fourth-order valence-electron chi connectivity index (χ4n) is 2.28. The van der Waals surface area contributed by atoms with E-state index in [0.29, 0.717) is 12.4 Å². The van der Waals surface area contributed by atoms with Crippen molar-refractivity contribution in [2.45, 2.75) is 19.2 Å². The lowest BCUT2D eigenvalue weighted by Crippen LogP contribution is -2.17. The number of aryl methyl sites for hydroxylation is 1. The molecule has 0 aliphatic carbocycles.